The molecule has 45 heavy (non-hydrogen) atoms. The second kappa shape index (κ2) is 21.8. The van der Waals surface area contributed by atoms with Crippen molar-refractivity contribution in [1.29, 1.82) is 0 Å². The molecule has 0 radical (unpaired) electrons. The maximum Gasteiger partial charge on any atom is 0.310 e. The van der Waals surface area contributed by atoms with Crippen LogP contribution in [-0.2, 0) is 19.1 Å². The van der Waals surface area contributed by atoms with E-state index in [1.54, 1.807) is 13.8 Å². The maximum absolute atomic E-state index is 13.3. The quantitative estimate of drug-likeness (QED) is 0.0684. The van der Waals surface area contributed by atoms with Crippen molar-refractivity contribution in [2.75, 3.05) is 13.2 Å². The largest absolute Gasteiger partial charge is 0.466 e. The number of carbonyl (C=O) groups excluding carboxylic acids is 2. The molecule has 260 valence electrons. The highest BCUT2D eigenvalue weighted by atomic mass is 35.5. The van der Waals surface area contributed by atoms with Crippen molar-refractivity contribution < 1.29 is 19.1 Å². The average molecular weight is 690 g/mol. The van der Waals surface area contributed by atoms with Gasteiger partial charge in [-0.05, 0) is 124 Å². The Morgan fingerprint density at radius 3 is 2.20 bits per heavy atom. The molecular weight excluding hydrogens is 627 g/mol. The van der Waals surface area contributed by atoms with Gasteiger partial charge in [0.15, 0.2) is 0 Å². The molecule has 0 aromatic heterocycles. The molecule has 4 nitrogen and oxygen atoms in total. The van der Waals surface area contributed by atoms with Gasteiger partial charge in [-0.3, -0.25) is 9.59 Å². The van der Waals surface area contributed by atoms with Crippen molar-refractivity contribution in [3.8, 4) is 0 Å². The van der Waals surface area contributed by atoms with Gasteiger partial charge in [-0.2, -0.15) is 0 Å². The molecule has 7 heteroatoms. The van der Waals surface area contributed by atoms with Crippen LogP contribution < -0.4 is 0 Å². The van der Waals surface area contributed by atoms with E-state index in [1.807, 2.05) is 0 Å². The summed E-state index contributed by atoms with van der Waals surface area (Å²) >= 11 is 20.4. The Kier molecular flexibility index (Phi) is 20.4. The van der Waals surface area contributed by atoms with Crippen molar-refractivity contribution in [2.45, 2.75) is 149 Å². The van der Waals surface area contributed by atoms with Crippen LogP contribution in [0.15, 0.2) is 34.9 Å². The molecule has 1 aliphatic rings. The molecule has 0 aromatic carbocycles. The van der Waals surface area contributed by atoms with Gasteiger partial charge in [0.1, 0.15) is 0 Å². The molecule has 0 amide bonds. The molecule has 7 unspecified atom stereocenters. The molecule has 0 heterocycles. The maximum atomic E-state index is 13.3. The van der Waals surface area contributed by atoms with Gasteiger partial charge in [0.05, 0.1) is 25.0 Å². The summed E-state index contributed by atoms with van der Waals surface area (Å²) in [7, 11) is 0. The van der Waals surface area contributed by atoms with Gasteiger partial charge in [-0.25, -0.2) is 0 Å². The van der Waals surface area contributed by atoms with Gasteiger partial charge in [-0.15, -0.1) is 34.8 Å². The van der Waals surface area contributed by atoms with Crippen LogP contribution in [0.5, 0.6) is 0 Å². The number of hydrogen-bond donors (Lipinski definition) is 0. The first-order valence-corrected chi connectivity index (χ1v) is 18.7. The van der Waals surface area contributed by atoms with E-state index in [1.165, 1.54) is 16.7 Å². The lowest BCUT2D eigenvalue weighted by Gasteiger charge is -2.36. The van der Waals surface area contributed by atoms with Crippen molar-refractivity contribution in [3.63, 3.8) is 0 Å². The van der Waals surface area contributed by atoms with E-state index in [0.29, 0.717) is 18.8 Å². The van der Waals surface area contributed by atoms with Gasteiger partial charge < -0.3 is 9.47 Å². The number of ether oxygens (including phenoxy) is 2. The normalized spacial score (nSPS) is 22.2. The third-order valence-corrected chi connectivity index (χ3v) is 10.9. The predicted octanol–water partition coefficient (Wildman–Crippen LogP) is 11.6. The summed E-state index contributed by atoms with van der Waals surface area (Å²) in [5.41, 5.74) is 3.91. The van der Waals surface area contributed by atoms with Crippen molar-refractivity contribution >= 4 is 46.7 Å². The number of hydrogen-bond acceptors (Lipinski definition) is 4. The number of alkyl halides is 3. The van der Waals surface area contributed by atoms with Crippen molar-refractivity contribution in [3.05, 3.63) is 34.9 Å². The molecule has 0 saturated heterocycles. The fraction of sp³-hybridized carbons (Fsp3) is 0.789. The SMILES string of the molecule is CCOC(=O)C1CC(CCC=C(C)CCC=C(C)C)=CC(CC(Cl)C(C)CCCC(C)(Cl)CCC(Cl)C(C)C)C1C(=O)OCC. The third kappa shape index (κ3) is 16.6. The highest BCUT2D eigenvalue weighted by Gasteiger charge is 2.44. The van der Waals surface area contributed by atoms with E-state index >= 15 is 0 Å². The smallest absolute Gasteiger partial charge is 0.310 e. The summed E-state index contributed by atoms with van der Waals surface area (Å²) in [5, 5.41) is -0.0154. The van der Waals surface area contributed by atoms with Crippen LogP contribution in [0.25, 0.3) is 0 Å². The summed E-state index contributed by atoms with van der Waals surface area (Å²) < 4.78 is 11.0. The zero-order chi connectivity index (χ0) is 34.2. The monoisotopic (exact) mass is 688 g/mol. The summed E-state index contributed by atoms with van der Waals surface area (Å²) in [6.45, 7) is 19.2. The van der Waals surface area contributed by atoms with E-state index in [9.17, 15) is 9.59 Å². The van der Waals surface area contributed by atoms with Crippen LogP contribution in [-0.4, -0.2) is 40.8 Å². The van der Waals surface area contributed by atoms with Crippen molar-refractivity contribution in [1.82, 2.24) is 0 Å². The van der Waals surface area contributed by atoms with Gasteiger partial charge in [-0.1, -0.05) is 62.1 Å². The standard InChI is InChI=1S/C38H63Cl3O4/c1-10-44-36(42)32-24-30(19-13-17-28(7)16-12-15-26(3)4)23-31(35(32)37(43)45-11-2)25-34(40)29(8)18-14-21-38(9,41)22-20-33(39)27(5)6/h15,17,23,27,29,31-35H,10-14,16,18-22,24-25H2,1-9H3. The third-order valence-electron chi connectivity index (χ3n) is 9.16. The Hall–Kier alpha value is -0.970. The highest BCUT2D eigenvalue weighted by molar-refractivity contribution is 6.24. The van der Waals surface area contributed by atoms with Crippen LogP contribution in [0.4, 0.5) is 0 Å². The lowest BCUT2D eigenvalue weighted by atomic mass is 9.70. The van der Waals surface area contributed by atoms with E-state index in [2.05, 4.69) is 66.7 Å². The van der Waals surface area contributed by atoms with E-state index in [-0.39, 0.29) is 52.6 Å². The minimum atomic E-state index is -0.599. The van der Waals surface area contributed by atoms with Crippen LogP contribution in [0.1, 0.15) is 133 Å². The molecule has 0 saturated carbocycles. The molecule has 0 N–H and O–H groups in total. The lowest BCUT2D eigenvalue weighted by Crippen LogP contribution is -2.41. The Bertz CT molecular complexity index is 979. The number of esters is 2. The van der Waals surface area contributed by atoms with Crippen LogP contribution in [0.3, 0.4) is 0 Å². The Balaban J connectivity index is 3.04. The molecule has 0 fully saturated rings. The first-order valence-electron chi connectivity index (χ1n) is 17.4. The number of rotatable bonds is 21. The molecule has 7 atom stereocenters. The Labute approximate surface area is 291 Å². The first kappa shape index (κ1) is 42.1. The number of allylic oxidation sites excluding steroid dienone is 6. The minimum absolute atomic E-state index is 0.140. The molecule has 0 spiro atoms. The van der Waals surface area contributed by atoms with Gasteiger partial charge in [0.25, 0.3) is 0 Å². The zero-order valence-electron chi connectivity index (χ0n) is 29.7. The van der Waals surface area contributed by atoms with Gasteiger partial charge in [0.2, 0.25) is 0 Å². The molecule has 0 aliphatic heterocycles. The van der Waals surface area contributed by atoms with Gasteiger partial charge >= 0.3 is 11.9 Å². The molecular formula is C38H63Cl3O4. The van der Waals surface area contributed by atoms with Crippen LogP contribution >= 0.6 is 34.8 Å². The molecule has 1 rings (SSSR count). The summed E-state index contributed by atoms with van der Waals surface area (Å²) in [6, 6.07) is 0. The number of carbonyl (C=O) groups is 2. The molecule has 0 bridgehead atoms. The Morgan fingerprint density at radius 1 is 0.956 bits per heavy atom. The second-order valence-electron chi connectivity index (χ2n) is 14.1. The zero-order valence-corrected chi connectivity index (χ0v) is 32.0. The second-order valence-corrected chi connectivity index (χ2v) is 16.1. The topological polar surface area (TPSA) is 52.6 Å². The molecule has 0 aromatic rings. The summed E-state index contributed by atoms with van der Waals surface area (Å²) in [6.07, 6.45) is 16.4. The minimum Gasteiger partial charge on any atom is -0.466 e. The average Bonchev–Trinajstić information content (AvgIpc) is 2.95. The number of halogens is 3. The first-order chi connectivity index (χ1) is 21.1. The predicted molar refractivity (Wildman–Crippen MR) is 193 cm³/mol. The van der Waals surface area contributed by atoms with Crippen molar-refractivity contribution in [2.24, 2.45) is 29.6 Å². The summed E-state index contributed by atoms with van der Waals surface area (Å²) in [5.74, 6) is -1.35. The van der Waals surface area contributed by atoms with E-state index < -0.39 is 11.8 Å². The van der Waals surface area contributed by atoms with E-state index in [0.717, 1.165) is 57.8 Å². The fourth-order valence-electron chi connectivity index (χ4n) is 6.20. The molecule has 1 aliphatic carbocycles. The lowest BCUT2D eigenvalue weighted by molar-refractivity contribution is -0.162. The highest BCUT2D eigenvalue weighted by Crippen LogP contribution is 2.42. The van der Waals surface area contributed by atoms with Gasteiger partial charge in [0, 0.05) is 15.6 Å². The Morgan fingerprint density at radius 2 is 1.60 bits per heavy atom. The van der Waals surface area contributed by atoms with Crippen LogP contribution in [0.2, 0.25) is 0 Å². The van der Waals surface area contributed by atoms with Crippen LogP contribution in [0, 0.1) is 29.6 Å². The fourth-order valence-corrected chi connectivity index (χ4v) is 6.88. The summed E-state index contributed by atoms with van der Waals surface area (Å²) in [4.78, 5) is 26.3. The van der Waals surface area contributed by atoms with E-state index in [4.69, 9.17) is 44.3 Å².